The van der Waals surface area contributed by atoms with Gasteiger partial charge in [-0.2, -0.15) is 10.4 Å². The van der Waals surface area contributed by atoms with E-state index in [0.29, 0.717) is 5.57 Å². The Morgan fingerprint density at radius 1 is 1.00 bits per heavy atom. The van der Waals surface area contributed by atoms with Gasteiger partial charge in [0.1, 0.15) is 0 Å². The molecule has 0 aliphatic carbocycles. The average molecular weight is 271 g/mol. The molecule has 2 aromatic carbocycles. The van der Waals surface area contributed by atoms with E-state index in [4.69, 9.17) is 0 Å². The lowest BCUT2D eigenvalue weighted by molar-refractivity contribution is 0.880. The number of aromatic nitrogens is 2. The van der Waals surface area contributed by atoms with Crippen molar-refractivity contribution in [2.75, 3.05) is 0 Å². The van der Waals surface area contributed by atoms with Gasteiger partial charge in [-0.05, 0) is 35.4 Å². The second-order valence-corrected chi connectivity index (χ2v) is 4.58. The Morgan fingerprint density at radius 2 is 1.76 bits per heavy atom. The lowest BCUT2D eigenvalue weighted by atomic mass is 10.0. The van der Waals surface area contributed by atoms with Crippen molar-refractivity contribution >= 4 is 11.6 Å². The molecule has 1 heterocycles. The molecule has 0 saturated carbocycles. The van der Waals surface area contributed by atoms with Crippen LogP contribution in [0.4, 0.5) is 0 Å². The smallest absolute Gasteiger partial charge is 0.0998 e. The highest BCUT2D eigenvalue weighted by Crippen LogP contribution is 2.18. The van der Waals surface area contributed by atoms with Gasteiger partial charge in [0.05, 0.1) is 17.3 Å². The lowest BCUT2D eigenvalue weighted by Crippen LogP contribution is -1.93. The maximum Gasteiger partial charge on any atom is 0.0998 e. The van der Waals surface area contributed by atoms with E-state index >= 15 is 0 Å². The van der Waals surface area contributed by atoms with E-state index in [1.807, 2.05) is 72.9 Å². The first-order chi connectivity index (χ1) is 10.4. The molecule has 0 radical (unpaired) electrons. The highest BCUT2D eigenvalue weighted by atomic mass is 15.3. The summed E-state index contributed by atoms with van der Waals surface area (Å²) in [5.74, 6) is 0. The third-order valence-electron chi connectivity index (χ3n) is 3.18. The molecule has 0 fully saturated rings. The summed E-state index contributed by atoms with van der Waals surface area (Å²) in [6, 6.07) is 21.8. The minimum absolute atomic E-state index is 0.655. The van der Waals surface area contributed by atoms with Crippen LogP contribution < -0.4 is 0 Å². The summed E-state index contributed by atoms with van der Waals surface area (Å²) in [5, 5.41) is 13.5. The first-order valence-corrected chi connectivity index (χ1v) is 6.64. The van der Waals surface area contributed by atoms with E-state index in [1.165, 1.54) is 0 Å². The third kappa shape index (κ3) is 2.90. The Morgan fingerprint density at radius 3 is 2.38 bits per heavy atom. The lowest BCUT2D eigenvalue weighted by Gasteiger charge is -2.03. The summed E-state index contributed by atoms with van der Waals surface area (Å²) in [4.78, 5) is 0. The molecule has 0 amide bonds. The molecule has 0 aliphatic rings. The fraction of sp³-hybridized carbons (Fsp3) is 0. The van der Waals surface area contributed by atoms with Crippen LogP contribution in [-0.2, 0) is 0 Å². The van der Waals surface area contributed by atoms with Crippen molar-refractivity contribution in [3.8, 4) is 11.8 Å². The highest BCUT2D eigenvalue weighted by molar-refractivity contribution is 5.89. The monoisotopic (exact) mass is 271 g/mol. The number of hydrogen-bond donors (Lipinski definition) is 0. The van der Waals surface area contributed by atoms with Crippen LogP contribution in [0.2, 0.25) is 0 Å². The number of allylic oxidation sites excluding steroid dienone is 1. The van der Waals surface area contributed by atoms with Crippen LogP contribution in [0.3, 0.4) is 0 Å². The third-order valence-corrected chi connectivity index (χ3v) is 3.18. The van der Waals surface area contributed by atoms with Gasteiger partial charge in [0.25, 0.3) is 0 Å². The Labute approximate surface area is 123 Å². The standard InChI is InChI=1S/C18H13N3/c19-14-17(16-5-2-1-3-6-16)13-15-7-9-18(10-8-15)21-12-4-11-20-21/h1-13H. The molecule has 0 spiro atoms. The van der Waals surface area contributed by atoms with Gasteiger partial charge in [-0.15, -0.1) is 0 Å². The second-order valence-electron chi connectivity index (χ2n) is 4.58. The van der Waals surface area contributed by atoms with Crippen molar-refractivity contribution in [2.45, 2.75) is 0 Å². The molecule has 0 saturated heterocycles. The topological polar surface area (TPSA) is 41.6 Å². The van der Waals surface area contributed by atoms with Crippen LogP contribution in [0, 0.1) is 11.3 Å². The molecular formula is C18H13N3. The maximum atomic E-state index is 9.31. The largest absolute Gasteiger partial charge is 0.241 e. The molecule has 1 aromatic heterocycles. The Balaban J connectivity index is 1.91. The van der Waals surface area contributed by atoms with Gasteiger partial charge in [-0.25, -0.2) is 4.68 Å². The van der Waals surface area contributed by atoms with Gasteiger partial charge < -0.3 is 0 Å². The number of nitrogens with zero attached hydrogens (tertiary/aromatic N) is 3. The first-order valence-electron chi connectivity index (χ1n) is 6.64. The van der Waals surface area contributed by atoms with Gasteiger partial charge in [0, 0.05) is 12.4 Å². The predicted molar refractivity (Wildman–Crippen MR) is 83.5 cm³/mol. The molecule has 0 unspecified atom stereocenters. The number of rotatable bonds is 3. The van der Waals surface area contributed by atoms with E-state index in [-0.39, 0.29) is 0 Å². The zero-order chi connectivity index (χ0) is 14.5. The van der Waals surface area contributed by atoms with Crippen LogP contribution in [-0.4, -0.2) is 9.78 Å². The van der Waals surface area contributed by atoms with Crippen LogP contribution in [0.1, 0.15) is 11.1 Å². The van der Waals surface area contributed by atoms with Crippen LogP contribution in [0.25, 0.3) is 17.3 Å². The zero-order valence-electron chi connectivity index (χ0n) is 11.3. The quantitative estimate of drug-likeness (QED) is 0.535. The van der Waals surface area contributed by atoms with Crippen molar-refractivity contribution in [1.29, 1.82) is 5.26 Å². The molecule has 3 heteroatoms. The summed E-state index contributed by atoms with van der Waals surface area (Å²) >= 11 is 0. The maximum absolute atomic E-state index is 9.31. The van der Waals surface area contributed by atoms with E-state index in [2.05, 4.69) is 11.2 Å². The van der Waals surface area contributed by atoms with E-state index in [0.717, 1.165) is 16.8 Å². The van der Waals surface area contributed by atoms with Gasteiger partial charge >= 0.3 is 0 Å². The summed E-state index contributed by atoms with van der Waals surface area (Å²) in [6.45, 7) is 0. The fourth-order valence-corrected chi connectivity index (χ4v) is 2.11. The zero-order valence-corrected chi connectivity index (χ0v) is 11.3. The normalized spacial score (nSPS) is 11.1. The Hall–Kier alpha value is -3.12. The molecule has 100 valence electrons. The molecule has 3 rings (SSSR count). The van der Waals surface area contributed by atoms with Gasteiger partial charge in [0.15, 0.2) is 0 Å². The summed E-state index contributed by atoms with van der Waals surface area (Å²) in [7, 11) is 0. The van der Waals surface area contributed by atoms with Crippen molar-refractivity contribution < 1.29 is 0 Å². The molecular weight excluding hydrogens is 258 g/mol. The van der Waals surface area contributed by atoms with Crippen molar-refractivity contribution in [3.63, 3.8) is 0 Å². The Bertz CT molecular complexity index is 777. The first kappa shape index (κ1) is 12.9. The number of hydrogen-bond acceptors (Lipinski definition) is 2. The number of nitriles is 1. The van der Waals surface area contributed by atoms with E-state index in [9.17, 15) is 5.26 Å². The molecule has 3 aromatic rings. The molecule has 21 heavy (non-hydrogen) atoms. The molecule has 3 nitrogen and oxygen atoms in total. The van der Waals surface area contributed by atoms with Crippen molar-refractivity contribution in [3.05, 3.63) is 84.2 Å². The second kappa shape index (κ2) is 5.89. The van der Waals surface area contributed by atoms with Crippen molar-refractivity contribution in [1.82, 2.24) is 9.78 Å². The average Bonchev–Trinajstić information content (AvgIpc) is 3.08. The molecule has 0 bridgehead atoms. The van der Waals surface area contributed by atoms with E-state index in [1.54, 1.807) is 10.9 Å². The summed E-state index contributed by atoms with van der Waals surface area (Å²) in [5.41, 5.74) is 3.57. The SMILES string of the molecule is N#CC(=Cc1ccc(-n2cccn2)cc1)c1ccccc1. The van der Waals surface area contributed by atoms with E-state index < -0.39 is 0 Å². The molecule has 0 aliphatic heterocycles. The Kier molecular flexibility index (Phi) is 3.62. The van der Waals surface area contributed by atoms with Gasteiger partial charge in [0.2, 0.25) is 0 Å². The van der Waals surface area contributed by atoms with Crippen LogP contribution in [0.15, 0.2) is 73.1 Å². The van der Waals surface area contributed by atoms with Gasteiger partial charge in [-0.1, -0.05) is 42.5 Å². The summed E-state index contributed by atoms with van der Waals surface area (Å²) < 4.78 is 1.80. The minimum Gasteiger partial charge on any atom is -0.241 e. The van der Waals surface area contributed by atoms with Gasteiger partial charge in [-0.3, -0.25) is 0 Å². The van der Waals surface area contributed by atoms with Crippen molar-refractivity contribution in [2.24, 2.45) is 0 Å². The fourth-order valence-electron chi connectivity index (χ4n) is 2.11. The predicted octanol–water partition coefficient (Wildman–Crippen LogP) is 3.94. The molecule has 0 atom stereocenters. The molecule has 0 N–H and O–H groups in total. The summed E-state index contributed by atoms with van der Waals surface area (Å²) in [6.07, 6.45) is 5.54. The minimum atomic E-state index is 0.655. The van der Waals surface area contributed by atoms with Crippen LogP contribution in [0.5, 0.6) is 0 Å². The van der Waals surface area contributed by atoms with Crippen LogP contribution >= 0.6 is 0 Å². The highest BCUT2D eigenvalue weighted by Gasteiger charge is 2.01. The number of benzene rings is 2.